The molecule has 0 aromatic carbocycles. The number of likely N-dealkylation sites (tertiary alicyclic amines) is 1. The summed E-state index contributed by atoms with van der Waals surface area (Å²) in [5.74, 6) is 1.01. The Kier molecular flexibility index (Phi) is 3.71. The lowest BCUT2D eigenvalue weighted by Crippen LogP contribution is -2.35. The van der Waals surface area contributed by atoms with Crippen molar-refractivity contribution in [3.05, 3.63) is 23.9 Å². The van der Waals surface area contributed by atoms with Crippen molar-refractivity contribution in [2.45, 2.75) is 38.3 Å². The quantitative estimate of drug-likeness (QED) is 0.901. The minimum atomic E-state index is -0.418. The van der Waals surface area contributed by atoms with E-state index in [-0.39, 0.29) is 0 Å². The molecule has 1 N–H and O–H groups in total. The van der Waals surface area contributed by atoms with Crippen LogP contribution in [-0.4, -0.2) is 47.2 Å². The first-order valence-electron chi connectivity index (χ1n) is 7.37. The summed E-state index contributed by atoms with van der Waals surface area (Å²) >= 11 is 0. The Hall–Kier alpha value is -1.13. The highest BCUT2D eigenvalue weighted by atomic mass is 16.3. The van der Waals surface area contributed by atoms with E-state index in [1.54, 1.807) is 13.1 Å². The van der Waals surface area contributed by atoms with E-state index in [4.69, 9.17) is 0 Å². The number of hydrogen-bond acceptors (Lipinski definition) is 4. The molecule has 0 saturated carbocycles. The predicted molar refractivity (Wildman–Crippen MR) is 76.3 cm³/mol. The molecule has 0 amide bonds. The Bertz CT molecular complexity index is 429. The van der Waals surface area contributed by atoms with Gasteiger partial charge in [-0.1, -0.05) is 0 Å². The smallest absolute Gasteiger partial charge is 0.128 e. The SMILES string of the molecule is C[C@H](O)c1ccnc(N2CCC(N3CCCC3)C2)c1. The molecular formula is C15H23N3O. The zero-order chi connectivity index (χ0) is 13.2. The third-order valence-electron chi connectivity index (χ3n) is 4.40. The normalized spacial score (nSPS) is 26.0. The largest absolute Gasteiger partial charge is 0.389 e. The minimum absolute atomic E-state index is 0.418. The van der Waals surface area contributed by atoms with Crippen LogP contribution in [0.15, 0.2) is 18.3 Å². The van der Waals surface area contributed by atoms with Crippen LogP contribution in [-0.2, 0) is 0 Å². The van der Waals surface area contributed by atoms with Crippen molar-refractivity contribution >= 4 is 5.82 Å². The van der Waals surface area contributed by atoms with E-state index in [9.17, 15) is 5.11 Å². The van der Waals surface area contributed by atoms with E-state index in [0.29, 0.717) is 6.04 Å². The number of aromatic nitrogens is 1. The molecule has 0 bridgehead atoms. The molecule has 2 atom stereocenters. The summed E-state index contributed by atoms with van der Waals surface area (Å²) in [6, 6.07) is 4.61. The number of rotatable bonds is 3. The fourth-order valence-corrected chi connectivity index (χ4v) is 3.22. The monoisotopic (exact) mass is 261 g/mol. The molecule has 3 rings (SSSR count). The Morgan fingerprint density at radius 3 is 2.84 bits per heavy atom. The molecular weight excluding hydrogens is 238 g/mol. The second kappa shape index (κ2) is 5.47. The van der Waals surface area contributed by atoms with Gasteiger partial charge in [0, 0.05) is 25.3 Å². The summed E-state index contributed by atoms with van der Waals surface area (Å²) in [5, 5.41) is 9.66. The van der Waals surface area contributed by atoms with Crippen molar-refractivity contribution in [1.29, 1.82) is 0 Å². The van der Waals surface area contributed by atoms with Crippen LogP contribution in [0.25, 0.3) is 0 Å². The summed E-state index contributed by atoms with van der Waals surface area (Å²) in [5.41, 5.74) is 0.953. The molecule has 2 aliphatic rings. The molecule has 2 saturated heterocycles. The zero-order valence-corrected chi connectivity index (χ0v) is 11.6. The maximum absolute atomic E-state index is 9.66. The van der Waals surface area contributed by atoms with Gasteiger partial charge in [-0.25, -0.2) is 4.98 Å². The third kappa shape index (κ3) is 2.74. The number of anilines is 1. The number of aliphatic hydroxyl groups excluding tert-OH is 1. The lowest BCUT2D eigenvalue weighted by atomic mass is 10.2. The highest BCUT2D eigenvalue weighted by Gasteiger charge is 2.29. The summed E-state index contributed by atoms with van der Waals surface area (Å²) in [6.07, 6.45) is 5.33. The van der Waals surface area contributed by atoms with Gasteiger partial charge in [-0.15, -0.1) is 0 Å². The van der Waals surface area contributed by atoms with Gasteiger partial charge in [0.15, 0.2) is 0 Å². The maximum Gasteiger partial charge on any atom is 0.128 e. The zero-order valence-electron chi connectivity index (χ0n) is 11.6. The number of pyridine rings is 1. The molecule has 3 heterocycles. The van der Waals surface area contributed by atoms with Crippen LogP contribution in [0.2, 0.25) is 0 Å². The van der Waals surface area contributed by atoms with Crippen LogP contribution in [0.1, 0.15) is 37.9 Å². The molecule has 2 aliphatic heterocycles. The number of nitrogens with zero attached hydrogens (tertiary/aromatic N) is 3. The van der Waals surface area contributed by atoms with Crippen LogP contribution in [0.3, 0.4) is 0 Å². The topological polar surface area (TPSA) is 39.6 Å². The van der Waals surface area contributed by atoms with Gasteiger partial charge in [-0.3, -0.25) is 4.90 Å². The van der Waals surface area contributed by atoms with Crippen molar-refractivity contribution in [2.75, 3.05) is 31.1 Å². The predicted octanol–water partition coefficient (Wildman–Crippen LogP) is 1.81. The van der Waals surface area contributed by atoms with Crippen LogP contribution < -0.4 is 4.90 Å². The van der Waals surface area contributed by atoms with Gasteiger partial charge in [0.1, 0.15) is 5.82 Å². The minimum Gasteiger partial charge on any atom is -0.389 e. The van der Waals surface area contributed by atoms with Crippen molar-refractivity contribution in [2.24, 2.45) is 0 Å². The first-order chi connectivity index (χ1) is 9.24. The van der Waals surface area contributed by atoms with Gasteiger partial charge < -0.3 is 10.0 Å². The standard InChI is InChI=1S/C15H23N3O/c1-12(19)13-4-6-16-15(10-13)18-9-5-14(11-18)17-7-2-3-8-17/h4,6,10,12,14,19H,2-3,5,7-9,11H2,1H3/t12-,14?/m0/s1. The molecule has 1 unspecified atom stereocenters. The van der Waals surface area contributed by atoms with E-state index in [1.165, 1.54) is 32.4 Å². The Labute approximate surface area is 115 Å². The number of hydrogen-bond donors (Lipinski definition) is 1. The third-order valence-corrected chi connectivity index (χ3v) is 4.40. The molecule has 19 heavy (non-hydrogen) atoms. The molecule has 0 aliphatic carbocycles. The molecule has 4 nitrogen and oxygen atoms in total. The van der Waals surface area contributed by atoms with Crippen molar-refractivity contribution < 1.29 is 5.11 Å². The molecule has 0 radical (unpaired) electrons. The average molecular weight is 261 g/mol. The fraction of sp³-hybridized carbons (Fsp3) is 0.667. The second-order valence-corrected chi connectivity index (χ2v) is 5.75. The molecule has 1 aromatic rings. The molecule has 104 valence electrons. The summed E-state index contributed by atoms with van der Waals surface area (Å²) in [4.78, 5) is 9.44. The van der Waals surface area contributed by atoms with Crippen molar-refractivity contribution in [3.63, 3.8) is 0 Å². The van der Waals surface area contributed by atoms with Crippen molar-refractivity contribution in [3.8, 4) is 0 Å². The first-order valence-corrected chi connectivity index (χ1v) is 7.37. The van der Waals surface area contributed by atoms with E-state index in [2.05, 4.69) is 14.8 Å². The van der Waals surface area contributed by atoms with Crippen LogP contribution in [0.4, 0.5) is 5.82 Å². The van der Waals surface area contributed by atoms with Gasteiger partial charge in [-0.2, -0.15) is 0 Å². The van der Waals surface area contributed by atoms with E-state index in [1.807, 2.05) is 12.1 Å². The number of aliphatic hydroxyl groups is 1. The van der Waals surface area contributed by atoms with Gasteiger partial charge in [0.2, 0.25) is 0 Å². The summed E-state index contributed by atoms with van der Waals surface area (Å²) in [7, 11) is 0. The maximum atomic E-state index is 9.66. The Morgan fingerprint density at radius 1 is 1.32 bits per heavy atom. The molecule has 2 fully saturated rings. The van der Waals surface area contributed by atoms with Crippen molar-refractivity contribution in [1.82, 2.24) is 9.88 Å². The Morgan fingerprint density at radius 2 is 2.11 bits per heavy atom. The average Bonchev–Trinajstić information content (AvgIpc) is 3.09. The lowest BCUT2D eigenvalue weighted by Gasteiger charge is -2.24. The highest BCUT2D eigenvalue weighted by molar-refractivity contribution is 5.43. The van der Waals surface area contributed by atoms with Gasteiger partial charge in [-0.05, 0) is 57.0 Å². The molecule has 0 spiro atoms. The molecule has 1 aromatic heterocycles. The van der Waals surface area contributed by atoms with Gasteiger partial charge in [0.05, 0.1) is 6.10 Å². The van der Waals surface area contributed by atoms with E-state index in [0.717, 1.165) is 24.5 Å². The second-order valence-electron chi connectivity index (χ2n) is 5.75. The van der Waals surface area contributed by atoms with Crippen LogP contribution >= 0.6 is 0 Å². The van der Waals surface area contributed by atoms with Crippen LogP contribution in [0.5, 0.6) is 0 Å². The van der Waals surface area contributed by atoms with Gasteiger partial charge in [0.25, 0.3) is 0 Å². The van der Waals surface area contributed by atoms with E-state index < -0.39 is 6.10 Å². The van der Waals surface area contributed by atoms with E-state index >= 15 is 0 Å². The highest BCUT2D eigenvalue weighted by Crippen LogP contribution is 2.25. The van der Waals surface area contributed by atoms with Crippen LogP contribution in [0, 0.1) is 0 Å². The first kappa shape index (κ1) is 12.9. The molecule has 4 heteroatoms. The Balaban J connectivity index is 1.68. The summed E-state index contributed by atoms with van der Waals surface area (Å²) < 4.78 is 0. The lowest BCUT2D eigenvalue weighted by molar-refractivity contribution is 0.199. The fourth-order valence-electron chi connectivity index (χ4n) is 3.22. The van der Waals surface area contributed by atoms with Gasteiger partial charge >= 0.3 is 0 Å². The summed E-state index contributed by atoms with van der Waals surface area (Å²) in [6.45, 7) is 6.49.